The monoisotopic (exact) mass is 298 g/mol. The first-order valence-electron chi connectivity index (χ1n) is 7.85. The number of carboxylic acids is 1. The summed E-state index contributed by atoms with van der Waals surface area (Å²) in [6, 6.07) is -0.242. The third-order valence-electron chi connectivity index (χ3n) is 4.70. The van der Waals surface area contributed by atoms with E-state index in [4.69, 9.17) is 4.74 Å². The Labute approximate surface area is 125 Å². The van der Waals surface area contributed by atoms with Crippen LogP contribution in [0.25, 0.3) is 0 Å². The van der Waals surface area contributed by atoms with Gasteiger partial charge in [-0.1, -0.05) is 13.8 Å². The minimum absolute atomic E-state index is 0.0410. The number of urea groups is 1. The van der Waals surface area contributed by atoms with Crippen molar-refractivity contribution < 1.29 is 19.4 Å². The van der Waals surface area contributed by atoms with Crippen molar-refractivity contribution in [3.05, 3.63) is 0 Å². The molecule has 120 valence electrons. The quantitative estimate of drug-likeness (QED) is 0.782. The number of carbonyl (C=O) groups excluding carboxylic acids is 1. The Kier molecular flexibility index (Phi) is 5.08. The molecule has 2 aliphatic heterocycles. The van der Waals surface area contributed by atoms with Gasteiger partial charge in [0.25, 0.3) is 0 Å². The molecular formula is C15H26N2O4. The average Bonchev–Trinajstić information content (AvgIpc) is 3.00. The van der Waals surface area contributed by atoms with E-state index in [1.165, 1.54) is 0 Å². The van der Waals surface area contributed by atoms with Gasteiger partial charge in [0.1, 0.15) is 0 Å². The zero-order chi connectivity index (χ0) is 15.6. The summed E-state index contributed by atoms with van der Waals surface area (Å²) in [4.78, 5) is 25.5. The van der Waals surface area contributed by atoms with Gasteiger partial charge < -0.3 is 20.1 Å². The minimum Gasteiger partial charge on any atom is -0.481 e. The van der Waals surface area contributed by atoms with E-state index in [9.17, 15) is 14.7 Å². The first-order valence-corrected chi connectivity index (χ1v) is 7.85. The second-order valence-electron chi connectivity index (χ2n) is 6.35. The topological polar surface area (TPSA) is 78.9 Å². The lowest BCUT2D eigenvalue weighted by Gasteiger charge is -2.28. The van der Waals surface area contributed by atoms with E-state index in [-0.39, 0.29) is 30.1 Å². The Balaban J connectivity index is 1.98. The van der Waals surface area contributed by atoms with Crippen LogP contribution in [0.1, 0.15) is 40.0 Å². The number of amides is 2. The summed E-state index contributed by atoms with van der Waals surface area (Å²) in [5.41, 5.74) is 0. The maximum absolute atomic E-state index is 12.5. The zero-order valence-corrected chi connectivity index (χ0v) is 13.0. The molecule has 0 radical (unpaired) electrons. The number of hydrogen-bond acceptors (Lipinski definition) is 3. The highest BCUT2D eigenvalue weighted by molar-refractivity contribution is 5.79. The highest BCUT2D eigenvalue weighted by Crippen LogP contribution is 2.41. The predicted molar refractivity (Wildman–Crippen MR) is 78.0 cm³/mol. The summed E-state index contributed by atoms with van der Waals surface area (Å²) >= 11 is 0. The maximum atomic E-state index is 12.5. The van der Waals surface area contributed by atoms with Crippen LogP contribution in [0, 0.1) is 11.8 Å². The van der Waals surface area contributed by atoms with Crippen LogP contribution in [0.15, 0.2) is 0 Å². The SMILES string of the molecule is CCOCC(NC(=O)N1C2CCC1C(C(=O)O)C2)C(C)C. The lowest BCUT2D eigenvalue weighted by Crippen LogP contribution is -2.50. The number of fused-ring (bicyclic) bond motifs is 2. The number of nitrogens with zero attached hydrogens (tertiary/aromatic N) is 1. The van der Waals surface area contributed by atoms with Gasteiger partial charge in [0.05, 0.1) is 18.6 Å². The molecule has 0 aliphatic carbocycles. The summed E-state index contributed by atoms with van der Waals surface area (Å²) in [6.07, 6.45) is 2.30. The second-order valence-corrected chi connectivity index (χ2v) is 6.35. The van der Waals surface area contributed by atoms with E-state index in [1.54, 1.807) is 4.90 Å². The zero-order valence-electron chi connectivity index (χ0n) is 13.0. The van der Waals surface area contributed by atoms with Gasteiger partial charge in [-0.25, -0.2) is 4.79 Å². The molecule has 0 aromatic heterocycles. The number of aliphatic carboxylic acids is 1. The first-order chi connectivity index (χ1) is 9.95. The highest BCUT2D eigenvalue weighted by atomic mass is 16.5. The third kappa shape index (κ3) is 3.31. The number of carbonyl (C=O) groups is 2. The lowest BCUT2D eigenvalue weighted by molar-refractivity contribution is -0.142. The summed E-state index contributed by atoms with van der Waals surface area (Å²) in [7, 11) is 0. The van der Waals surface area contributed by atoms with Crippen molar-refractivity contribution >= 4 is 12.0 Å². The Bertz CT molecular complexity index is 399. The Hall–Kier alpha value is -1.30. The van der Waals surface area contributed by atoms with E-state index in [1.807, 2.05) is 20.8 Å². The van der Waals surface area contributed by atoms with Crippen molar-refractivity contribution in [2.75, 3.05) is 13.2 Å². The molecule has 2 rings (SSSR count). The molecule has 4 atom stereocenters. The van der Waals surface area contributed by atoms with Crippen LogP contribution in [-0.4, -0.2) is 53.3 Å². The van der Waals surface area contributed by atoms with Crippen molar-refractivity contribution in [3.8, 4) is 0 Å². The van der Waals surface area contributed by atoms with Gasteiger partial charge in [-0.3, -0.25) is 4.79 Å². The summed E-state index contributed by atoms with van der Waals surface area (Å²) < 4.78 is 5.42. The van der Waals surface area contributed by atoms with Crippen LogP contribution in [0.2, 0.25) is 0 Å². The van der Waals surface area contributed by atoms with E-state index in [0.29, 0.717) is 19.6 Å². The summed E-state index contributed by atoms with van der Waals surface area (Å²) in [6.45, 7) is 7.13. The van der Waals surface area contributed by atoms with Gasteiger partial charge in [0, 0.05) is 18.7 Å². The van der Waals surface area contributed by atoms with Gasteiger partial charge >= 0.3 is 12.0 Å². The molecule has 0 aromatic rings. The van der Waals surface area contributed by atoms with E-state index < -0.39 is 11.9 Å². The van der Waals surface area contributed by atoms with Crippen molar-refractivity contribution in [3.63, 3.8) is 0 Å². The van der Waals surface area contributed by atoms with Gasteiger partial charge in [0.15, 0.2) is 0 Å². The number of ether oxygens (including phenoxy) is 1. The lowest BCUT2D eigenvalue weighted by atomic mass is 9.89. The van der Waals surface area contributed by atoms with Gasteiger partial charge in [0.2, 0.25) is 0 Å². The molecule has 0 aromatic carbocycles. The molecule has 21 heavy (non-hydrogen) atoms. The molecule has 6 nitrogen and oxygen atoms in total. The fourth-order valence-electron chi connectivity index (χ4n) is 3.45. The molecule has 6 heteroatoms. The first kappa shape index (κ1) is 16.1. The largest absolute Gasteiger partial charge is 0.481 e. The molecule has 2 N–H and O–H groups in total. The van der Waals surface area contributed by atoms with Crippen molar-refractivity contribution in [1.29, 1.82) is 0 Å². The number of hydrogen-bond donors (Lipinski definition) is 2. The Morgan fingerprint density at radius 2 is 2.10 bits per heavy atom. The molecule has 2 saturated heterocycles. The van der Waals surface area contributed by atoms with Crippen LogP contribution in [-0.2, 0) is 9.53 Å². The minimum atomic E-state index is -0.783. The molecule has 4 unspecified atom stereocenters. The van der Waals surface area contributed by atoms with Gasteiger partial charge in [-0.15, -0.1) is 0 Å². The van der Waals surface area contributed by atoms with Gasteiger partial charge in [-0.05, 0) is 32.1 Å². The Morgan fingerprint density at radius 3 is 2.62 bits per heavy atom. The molecule has 0 saturated carbocycles. The fourth-order valence-corrected chi connectivity index (χ4v) is 3.45. The van der Waals surface area contributed by atoms with E-state index >= 15 is 0 Å². The van der Waals surface area contributed by atoms with Crippen molar-refractivity contribution in [2.45, 2.75) is 58.2 Å². The normalized spacial score (nSPS) is 29.0. The van der Waals surface area contributed by atoms with Crippen LogP contribution >= 0.6 is 0 Å². The van der Waals surface area contributed by atoms with Crippen LogP contribution in [0.5, 0.6) is 0 Å². The van der Waals surface area contributed by atoms with Crippen LogP contribution in [0.4, 0.5) is 4.79 Å². The molecule has 2 heterocycles. The highest BCUT2D eigenvalue weighted by Gasteiger charge is 2.51. The molecule has 2 bridgehead atoms. The molecule has 0 spiro atoms. The Morgan fingerprint density at radius 1 is 1.38 bits per heavy atom. The maximum Gasteiger partial charge on any atom is 0.318 e. The molecule has 2 fully saturated rings. The second kappa shape index (κ2) is 6.64. The smallest absolute Gasteiger partial charge is 0.318 e. The standard InChI is InChI=1S/C15H26N2O4/c1-4-21-8-12(9(2)3)16-15(20)17-10-5-6-13(17)11(7-10)14(18)19/h9-13H,4-8H2,1-3H3,(H,16,20)(H,18,19). The number of rotatable bonds is 6. The third-order valence-corrected chi connectivity index (χ3v) is 4.70. The summed E-state index contributed by atoms with van der Waals surface area (Å²) in [5, 5.41) is 12.3. The van der Waals surface area contributed by atoms with Gasteiger partial charge in [-0.2, -0.15) is 0 Å². The molecule has 2 aliphatic rings. The average molecular weight is 298 g/mol. The van der Waals surface area contributed by atoms with E-state index in [2.05, 4.69) is 5.32 Å². The fraction of sp³-hybridized carbons (Fsp3) is 0.867. The van der Waals surface area contributed by atoms with Crippen molar-refractivity contribution in [1.82, 2.24) is 10.2 Å². The number of nitrogens with one attached hydrogen (secondary N) is 1. The molecule has 2 amide bonds. The predicted octanol–water partition coefficient (Wildman–Crippen LogP) is 1.69. The van der Waals surface area contributed by atoms with Crippen LogP contribution in [0.3, 0.4) is 0 Å². The molecular weight excluding hydrogens is 272 g/mol. The van der Waals surface area contributed by atoms with Crippen molar-refractivity contribution in [2.24, 2.45) is 11.8 Å². The summed E-state index contributed by atoms with van der Waals surface area (Å²) in [5.74, 6) is -0.912. The van der Waals surface area contributed by atoms with E-state index in [0.717, 1.165) is 12.8 Å². The van der Waals surface area contributed by atoms with Crippen LogP contribution < -0.4 is 5.32 Å². The number of carboxylic acid groups (broad SMARTS) is 1.